The highest BCUT2D eigenvalue weighted by atomic mass is 16.5. The van der Waals surface area contributed by atoms with Crippen molar-refractivity contribution in [2.24, 2.45) is 0 Å². The predicted molar refractivity (Wildman–Crippen MR) is 69.5 cm³/mol. The van der Waals surface area contributed by atoms with E-state index >= 15 is 0 Å². The molecule has 2 aromatic rings. The molecule has 1 aromatic carbocycles. The molecule has 3 rings (SSSR count). The summed E-state index contributed by atoms with van der Waals surface area (Å²) in [5, 5.41) is 6.90. The quantitative estimate of drug-likeness (QED) is 0.849. The number of amides is 1. The monoisotopic (exact) mass is 258 g/mol. The Morgan fingerprint density at radius 3 is 3.16 bits per heavy atom. The molecule has 0 spiro atoms. The fraction of sp³-hybridized carbons (Fsp3) is 0.231. The third kappa shape index (κ3) is 2.37. The van der Waals surface area contributed by atoms with Gasteiger partial charge >= 0.3 is 0 Å². The average molecular weight is 258 g/mol. The van der Waals surface area contributed by atoms with Crippen molar-refractivity contribution in [3.8, 4) is 5.75 Å². The van der Waals surface area contributed by atoms with Crippen LogP contribution in [0.25, 0.3) is 0 Å². The van der Waals surface area contributed by atoms with Crippen molar-refractivity contribution in [1.29, 1.82) is 0 Å². The van der Waals surface area contributed by atoms with Gasteiger partial charge in [0, 0.05) is 11.8 Å². The molecule has 0 radical (unpaired) electrons. The average Bonchev–Trinajstić information content (AvgIpc) is 2.97. The zero-order valence-electron chi connectivity index (χ0n) is 10.2. The normalized spacial score (nSPS) is 16.7. The minimum atomic E-state index is -0.117. The van der Waals surface area contributed by atoms with Crippen LogP contribution in [0, 0.1) is 0 Å². The van der Waals surface area contributed by atoms with Crippen molar-refractivity contribution < 1.29 is 9.53 Å². The highest BCUT2D eigenvalue weighted by molar-refractivity contribution is 5.76. The lowest BCUT2D eigenvalue weighted by Gasteiger charge is -2.11. The number of benzene rings is 1. The van der Waals surface area contributed by atoms with Crippen molar-refractivity contribution in [3.63, 3.8) is 0 Å². The Kier molecular flexibility index (Phi) is 2.83. The third-order valence-corrected chi connectivity index (χ3v) is 2.99. The number of hydrogen-bond donors (Lipinski definition) is 2. The predicted octanol–water partition coefficient (Wildman–Crippen LogP) is 0.715. The molecule has 1 aliphatic heterocycles. The van der Waals surface area contributed by atoms with E-state index in [1.807, 2.05) is 24.3 Å². The smallest absolute Gasteiger partial charge is 0.242 e. The van der Waals surface area contributed by atoms with E-state index in [0.29, 0.717) is 12.3 Å². The largest absolute Gasteiger partial charge is 0.491 e. The van der Waals surface area contributed by atoms with E-state index in [-0.39, 0.29) is 18.5 Å². The molecule has 19 heavy (non-hydrogen) atoms. The van der Waals surface area contributed by atoms with Gasteiger partial charge in [0.15, 0.2) is 0 Å². The number of carbonyl (C=O) groups excluding carboxylic acids is 1. The summed E-state index contributed by atoms with van der Waals surface area (Å²) in [6.45, 7) is 0.613. The van der Waals surface area contributed by atoms with Crippen molar-refractivity contribution >= 4 is 11.6 Å². The maximum absolute atomic E-state index is 11.9. The van der Waals surface area contributed by atoms with Crippen molar-refractivity contribution in [3.05, 3.63) is 42.2 Å². The second-order valence-electron chi connectivity index (χ2n) is 4.44. The summed E-state index contributed by atoms with van der Waals surface area (Å²) in [6, 6.07) is 7.60. The first kappa shape index (κ1) is 11.6. The van der Waals surface area contributed by atoms with E-state index in [2.05, 4.69) is 10.4 Å². The van der Waals surface area contributed by atoms with Gasteiger partial charge in [0.1, 0.15) is 18.9 Å². The topological polar surface area (TPSA) is 82.2 Å². The number of anilines is 1. The number of nitrogens with zero attached hydrogens (tertiary/aromatic N) is 2. The van der Waals surface area contributed by atoms with Gasteiger partial charge in [-0.15, -0.1) is 0 Å². The fourth-order valence-corrected chi connectivity index (χ4v) is 2.14. The standard InChI is InChI=1S/C13H14N4O2/c14-9-5-15-17(6-9)7-13(18)16-11-8-19-12-4-2-1-3-10(11)12/h1-6,11H,7-8,14H2,(H,16,18). The highest BCUT2D eigenvalue weighted by Gasteiger charge is 2.24. The van der Waals surface area contributed by atoms with Crippen LogP contribution in [-0.2, 0) is 11.3 Å². The highest BCUT2D eigenvalue weighted by Crippen LogP contribution is 2.31. The van der Waals surface area contributed by atoms with Crippen LogP contribution < -0.4 is 15.8 Å². The summed E-state index contributed by atoms with van der Waals surface area (Å²) in [4.78, 5) is 11.9. The van der Waals surface area contributed by atoms with Crippen molar-refractivity contribution in [2.45, 2.75) is 12.6 Å². The lowest BCUT2D eigenvalue weighted by atomic mass is 10.1. The summed E-state index contributed by atoms with van der Waals surface area (Å²) < 4.78 is 7.02. The van der Waals surface area contributed by atoms with E-state index in [4.69, 9.17) is 10.5 Å². The number of para-hydroxylation sites is 1. The van der Waals surface area contributed by atoms with Crippen LogP contribution >= 0.6 is 0 Å². The Morgan fingerprint density at radius 1 is 1.53 bits per heavy atom. The van der Waals surface area contributed by atoms with Gasteiger partial charge in [-0.05, 0) is 6.07 Å². The van der Waals surface area contributed by atoms with Gasteiger partial charge in [0.05, 0.1) is 17.9 Å². The number of hydrogen-bond acceptors (Lipinski definition) is 4. The molecule has 1 aromatic heterocycles. The Bertz CT molecular complexity index is 608. The fourth-order valence-electron chi connectivity index (χ4n) is 2.14. The second-order valence-corrected chi connectivity index (χ2v) is 4.44. The maximum atomic E-state index is 11.9. The summed E-state index contributed by atoms with van der Waals surface area (Å²) in [6.07, 6.45) is 3.14. The number of carbonyl (C=O) groups is 1. The second kappa shape index (κ2) is 4.64. The number of nitrogen functional groups attached to an aromatic ring is 1. The van der Waals surface area contributed by atoms with Gasteiger partial charge in [-0.3, -0.25) is 9.48 Å². The molecule has 2 heterocycles. The zero-order valence-corrected chi connectivity index (χ0v) is 10.2. The van der Waals surface area contributed by atoms with Crippen molar-refractivity contribution in [2.75, 3.05) is 12.3 Å². The first-order valence-electron chi connectivity index (χ1n) is 6.01. The van der Waals surface area contributed by atoms with Gasteiger partial charge in [-0.1, -0.05) is 18.2 Å². The van der Waals surface area contributed by atoms with E-state index in [1.54, 1.807) is 6.20 Å². The molecule has 0 saturated heterocycles. The minimum Gasteiger partial charge on any atom is -0.491 e. The number of ether oxygens (including phenoxy) is 1. The van der Waals surface area contributed by atoms with E-state index in [9.17, 15) is 4.79 Å². The third-order valence-electron chi connectivity index (χ3n) is 2.99. The van der Waals surface area contributed by atoms with Crippen LogP contribution in [0.3, 0.4) is 0 Å². The number of rotatable bonds is 3. The molecule has 1 aliphatic rings. The van der Waals surface area contributed by atoms with E-state index < -0.39 is 0 Å². The Balaban J connectivity index is 1.65. The summed E-state index contributed by atoms with van der Waals surface area (Å²) in [7, 11) is 0. The Morgan fingerprint density at radius 2 is 2.37 bits per heavy atom. The van der Waals surface area contributed by atoms with Crippen LogP contribution in [0.4, 0.5) is 5.69 Å². The molecule has 98 valence electrons. The summed E-state index contributed by atoms with van der Waals surface area (Å²) >= 11 is 0. The van der Waals surface area contributed by atoms with E-state index in [1.165, 1.54) is 10.9 Å². The molecule has 6 nitrogen and oxygen atoms in total. The SMILES string of the molecule is Nc1cnn(CC(=O)NC2COc3ccccc32)c1. The molecule has 1 atom stereocenters. The molecule has 1 unspecified atom stereocenters. The van der Waals surface area contributed by atoms with Gasteiger partial charge in [-0.25, -0.2) is 0 Å². The summed E-state index contributed by atoms with van der Waals surface area (Å²) in [5.41, 5.74) is 7.10. The van der Waals surface area contributed by atoms with Gasteiger partial charge < -0.3 is 15.8 Å². The van der Waals surface area contributed by atoms with Gasteiger partial charge in [0.2, 0.25) is 5.91 Å². The number of fused-ring (bicyclic) bond motifs is 1. The number of nitrogens with one attached hydrogen (secondary N) is 1. The molecule has 0 aliphatic carbocycles. The molecule has 6 heteroatoms. The van der Waals surface area contributed by atoms with Crippen LogP contribution in [0.2, 0.25) is 0 Å². The minimum absolute atomic E-state index is 0.100. The molecular weight excluding hydrogens is 244 g/mol. The molecule has 3 N–H and O–H groups in total. The summed E-state index contributed by atoms with van der Waals surface area (Å²) in [5.74, 6) is 0.713. The lowest BCUT2D eigenvalue weighted by molar-refractivity contribution is -0.122. The molecule has 0 fully saturated rings. The van der Waals surface area contributed by atoms with Crippen LogP contribution in [0.15, 0.2) is 36.7 Å². The number of aromatic nitrogens is 2. The van der Waals surface area contributed by atoms with Gasteiger partial charge in [0.25, 0.3) is 0 Å². The van der Waals surface area contributed by atoms with Crippen molar-refractivity contribution in [1.82, 2.24) is 15.1 Å². The molecule has 1 amide bonds. The molecular formula is C13H14N4O2. The van der Waals surface area contributed by atoms with Crippen LogP contribution in [0.5, 0.6) is 5.75 Å². The zero-order chi connectivity index (χ0) is 13.2. The number of nitrogens with two attached hydrogens (primary N) is 1. The van der Waals surface area contributed by atoms with Crippen LogP contribution in [0.1, 0.15) is 11.6 Å². The first-order valence-corrected chi connectivity index (χ1v) is 6.01. The Hall–Kier alpha value is -2.50. The molecule has 0 saturated carbocycles. The Labute approximate surface area is 110 Å². The van der Waals surface area contributed by atoms with Crippen LogP contribution in [-0.4, -0.2) is 22.3 Å². The van der Waals surface area contributed by atoms with Gasteiger partial charge in [-0.2, -0.15) is 5.10 Å². The maximum Gasteiger partial charge on any atom is 0.242 e. The molecule has 0 bridgehead atoms. The first-order chi connectivity index (χ1) is 9.22. The lowest BCUT2D eigenvalue weighted by Crippen LogP contribution is -2.32. The van der Waals surface area contributed by atoms with E-state index in [0.717, 1.165) is 11.3 Å².